The third-order valence-corrected chi connectivity index (χ3v) is 5.50. The highest BCUT2D eigenvalue weighted by Gasteiger charge is 2.24. The molecule has 1 aromatic carbocycles. The van der Waals surface area contributed by atoms with Crippen LogP contribution in [-0.4, -0.2) is 61.7 Å². The van der Waals surface area contributed by atoms with Gasteiger partial charge >= 0.3 is 0 Å². The van der Waals surface area contributed by atoms with E-state index in [2.05, 4.69) is 42.9 Å². The van der Waals surface area contributed by atoms with Crippen LogP contribution in [0.15, 0.2) is 24.5 Å². The van der Waals surface area contributed by atoms with Gasteiger partial charge in [0.15, 0.2) is 0 Å². The Kier molecular flexibility index (Phi) is 4.27. The molecule has 1 saturated carbocycles. The monoisotopic (exact) mass is 325 g/mol. The van der Waals surface area contributed by atoms with E-state index < -0.39 is 0 Å². The van der Waals surface area contributed by atoms with E-state index in [9.17, 15) is 0 Å². The Morgan fingerprint density at radius 2 is 1.88 bits per heavy atom. The molecule has 5 heteroatoms. The molecular formula is C19H27N5. The highest BCUT2D eigenvalue weighted by molar-refractivity contribution is 5.91. The predicted molar refractivity (Wildman–Crippen MR) is 99.9 cm³/mol. The molecule has 2 fully saturated rings. The molecule has 0 atom stereocenters. The van der Waals surface area contributed by atoms with E-state index in [1.165, 1.54) is 44.6 Å². The Hall–Kier alpha value is -1.88. The van der Waals surface area contributed by atoms with E-state index in [0.717, 1.165) is 35.7 Å². The summed E-state index contributed by atoms with van der Waals surface area (Å²) in [5, 5.41) is 1.14. The molecule has 128 valence electrons. The molecule has 0 amide bonds. The van der Waals surface area contributed by atoms with Crippen molar-refractivity contribution in [1.29, 1.82) is 0 Å². The second-order valence-electron chi connectivity index (χ2n) is 7.38. The van der Waals surface area contributed by atoms with Crippen LogP contribution in [0.4, 0.5) is 11.5 Å². The normalized spacial score (nSPS) is 19.5. The fraction of sp³-hybridized carbons (Fsp3) is 0.579. The summed E-state index contributed by atoms with van der Waals surface area (Å²) in [6.45, 7) is 5.90. The summed E-state index contributed by atoms with van der Waals surface area (Å²) < 4.78 is 0. The molecule has 1 aliphatic heterocycles. The molecule has 4 rings (SSSR count). The largest absolute Gasteiger partial charge is 0.369 e. The van der Waals surface area contributed by atoms with E-state index in [-0.39, 0.29) is 0 Å². The van der Waals surface area contributed by atoms with Crippen molar-refractivity contribution >= 4 is 22.4 Å². The van der Waals surface area contributed by atoms with Gasteiger partial charge in [-0.15, -0.1) is 0 Å². The lowest BCUT2D eigenvalue weighted by Gasteiger charge is -2.39. The Labute approximate surface area is 144 Å². The SMILES string of the molecule is CN(C)c1ncnc2ccc(N3CCN(CC4CCC4)CC3)cc12. The van der Waals surface area contributed by atoms with Crippen molar-refractivity contribution in [3.05, 3.63) is 24.5 Å². The molecule has 0 unspecified atom stereocenters. The molecule has 2 heterocycles. The number of hydrogen-bond acceptors (Lipinski definition) is 5. The summed E-state index contributed by atoms with van der Waals surface area (Å²) >= 11 is 0. The van der Waals surface area contributed by atoms with Crippen LogP contribution >= 0.6 is 0 Å². The molecule has 1 saturated heterocycles. The molecule has 0 bridgehead atoms. The molecule has 0 radical (unpaired) electrons. The molecule has 2 aliphatic rings. The second-order valence-corrected chi connectivity index (χ2v) is 7.38. The van der Waals surface area contributed by atoms with Gasteiger partial charge in [-0.3, -0.25) is 4.90 Å². The quantitative estimate of drug-likeness (QED) is 0.863. The van der Waals surface area contributed by atoms with Crippen LogP contribution < -0.4 is 9.80 Å². The summed E-state index contributed by atoms with van der Waals surface area (Å²) in [7, 11) is 4.07. The minimum atomic E-state index is 0.969. The highest BCUT2D eigenvalue weighted by Crippen LogP contribution is 2.29. The van der Waals surface area contributed by atoms with Crippen LogP contribution in [0.5, 0.6) is 0 Å². The van der Waals surface area contributed by atoms with Gasteiger partial charge in [0.1, 0.15) is 12.1 Å². The molecule has 5 nitrogen and oxygen atoms in total. The van der Waals surface area contributed by atoms with Gasteiger partial charge in [-0.05, 0) is 37.0 Å². The lowest BCUT2D eigenvalue weighted by Crippen LogP contribution is -2.48. The Bertz CT molecular complexity index is 702. The van der Waals surface area contributed by atoms with E-state index in [4.69, 9.17) is 0 Å². The smallest absolute Gasteiger partial charge is 0.139 e. The summed E-state index contributed by atoms with van der Waals surface area (Å²) in [6.07, 6.45) is 5.98. The average molecular weight is 325 g/mol. The van der Waals surface area contributed by atoms with E-state index >= 15 is 0 Å². The molecular weight excluding hydrogens is 298 g/mol. The van der Waals surface area contributed by atoms with Crippen LogP contribution in [0.25, 0.3) is 10.9 Å². The zero-order valence-corrected chi connectivity index (χ0v) is 14.8. The van der Waals surface area contributed by atoms with E-state index in [1.807, 2.05) is 14.1 Å². The number of aromatic nitrogens is 2. The Morgan fingerprint density at radius 3 is 2.54 bits per heavy atom. The summed E-state index contributed by atoms with van der Waals surface area (Å²) in [5.41, 5.74) is 2.31. The maximum absolute atomic E-state index is 4.44. The van der Waals surface area contributed by atoms with Crippen LogP contribution in [0.1, 0.15) is 19.3 Å². The molecule has 1 aliphatic carbocycles. The summed E-state index contributed by atoms with van der Waals surface area (Å²) in [4.78, 5) is 16.1. The third kappa shape index (κ3) is 3.05. The van der Waals surface area contributed by atoms with E-state index in [0.29, 0.717) is 0 Å². The highest BCUT2D eigenvalue weighted by atomic mass is 15.3. The fourth-order valence-electron chi connectivity index (χ4n) is 3.81. The average Bonchev–Trinajstić information content (AvgIpc) is 2.57. The van der Waals surface area contributed by atoms with Gasteiger partial charge in [0, 0.05) is 57.9 Å². The van der Waals surface area contributed by atoms with Crippen molar-refractivity contribution in [2.75, 3.05) is 56.6 Å². The molecule has 1 aromatic heterocycles. The van der Waals surface area contributed by atoms with Gasteiger partial charge in [-0.1, -0.05) is 6.42 Å². The van der Waals surface area contributed by atoms with Gasteiger partial charge in [0.05, 0.1) is 5.52 Å². The predicted octanol–water partition coefficient (Wildman–Crippen LogP) is 2.62. The fourth-order valence-corrected chi connectivity index (χ4v) is 3.81. The van der Waals surface area contributed by atoms with Gasteiger partial charge < -0.3 is 9.80 Å². The van der Waals surface area contributed by atoms with Gasteiger partial charge in [-0.2, -0.15) is 0 Å². The minimum absolute atomic E-state index is 0.969. The first-order valence-corrected chi connectivity index (χ1v) is 9.10. The van der Waals surface area contributed by atoms with Crippen molar-refractivity contribution in [3.63, 3.8) is 0 Å². The van der Waals surface area contributed by atoms with Crippen molar-refractivity contribution in [1.82, 2.24) is 14.9 Å². The molecule has 0 spiro atoms. The second kappa shape index (κ2) is 6.55. The molecule has 2 aromatic rings. The van der Waals surface area contributed by atoms with E-state index in [1.54, 1.807) is 6.33 Å². The number of rotatable bonds is 4. The molecule has 24 heavy (non-hydrogen) atoms. The van der Waals surface area contributed by atoms with Crippen LogP contribution in [0.2, 0.25) is 0 Å². The van der Waals surface area contributed by atoms with Crippen molar-refractivity contribution < 1.29 is 0 Å². The first-order valence-electron chi connectivity index (χ1n) is 9.10. The van der Waals surface area contributed by atoms with Crippen molar-refractivity contribution in [3.8, 4) is 0 Å². The lowest BCUT2D eigenvalue weighted by molar-refractivity contribution is 0.170. The van der Waals surface area contributed by atoms with Crippen LogP contribution in [-0.2, 0) is 0 Å². The zero-order chi connectivity index (χ0) is 16.5. The third-order valence-electron chi connectivity index (χ3n) is 5.50. The number of piperazine rings is 1. The summed E-state index contributed by atoms with van der Waals surface area (Å²) in [6, 6.07) is 6.59. The van der Waals surface area contributed by atoms with Crippen molar-refractivity contribution in [2.24, 2.45) is 5.92 Å². The lowest BCUT2D eigenvalue weighted by atomic mass is 9.85. The van der Waals surface area contributed by atoms with Crippen LogP contribution in [0.3, 0.4) is 0 Å². The zero-order valence-electron chi connectivity index (χ0n) is 14.8. The van der Waals surface area contributed by atoms with Gasteiger partial charge in [-0.25, -0.2) is 9.97 Å². The van der Waals surface area contributed by atoms with Gasteiger partial charge in [0.2, 0.25) is 0 Å². The first-order chi connectivity index (χ1) is 11.7. The topological polar surface area (TPSA) is 35.5 Å². The van der Waals surface area contributed by atoms with Crippen molar-refractivity contribution in [2.45, 2.75) is 19.3 Å². The Balaban J connectivity index is 1.49. The number of hydrogen-bond donors (Lipinski definition) is 0. The van der Waals surface area contributed by atoms with Gasteiger partial charge in [0.25, 0.3) is 0 Å². The summed E-state index contributed by atoms with van der Waals surface area (Å²) in [5.74, 6) is 1.96. The molecule has 0 N–H and O–H groups in total. The maximum Gasteiger partial charge on any atom is 0.139 e. The first kappa shape index (κ1) is 15.6. The minimum Gasteiger partial charge on any atom is -0.369 e. The number of benzene rings is 1. The number of fused-ring (bicyclic) bond motifs is 1. The Morgan fingerprint density at radius 1 is 1.08 bits per heavy atom. The van der Waals surface area contributed by atoms with Crippen LogP contribution in [0, 0.1) is 5.92 Å². The number of anilines is 2. The standard InChI is InChI=1S/C19H27N5/c1-22(2)19-17-12-16(6-7-18(17)20-14-21-19)24-10-8-23(9-11-24)13-15-4-3-5-15/h6-7,12,14-15H,3-5,8-11,13H2,1-2H3. The maximum atomic E-state index is 4.44. The number of nitrogens with zero attached hydrogens (tertiary/aromatic N) is 5.